The lowest BCUT2D eigenvalue weighted by molar-refractivity contribution is 0.0915. The van der Waals surface area contributed by atoms with Crippen LogP contribution in [0.4, 0.5) is 5.13 Å². The molecule has 1 aliphatic carbocycles. The Morgan fingerprint density at radius 2 is 2.00 bits per heavy atom. The third kappa shape index (κ3) is 3.15. The van der Waals surface area contributed by atoms with Gasteiger partial charge in [-0.3, -0.25) is 14.9 Å². The van der Waals surface area contributed by atoms with Crippen molar-refractivity contribution in [2.45, 2.75) is 26.7 Å². The van der Waals surface area contributed by atoms with E-state index in [1.807, 2.05) is 19.9 Å². The van der Waals surface area contributed by atoms with Gasteiger partial charge in [-0.05, 0) is 36.1 Å². The minimum absolute atomic E-state index is 0.0904. The Kier molecular flexibility index (Phi) is 3.74. The molecule has 0 radical (unpaired) electrons. The summed E-state index contributed by atoms with van der Waals surface area (Å²) in [7, 11) is 0. The van der Waals surface area contributed by atoms with Gasteiger partial charge in [0.25, 0.3) is 5.91 Å². The fourth-order valence-electron chi connectivity index (χ4n) is 2.64. The molecule has 0 saturated carbocycles. The van der Waals surface area contributed by atoms with E-state index in [2.05, 4.69) is 10.3 Å². The lowest BCUT2D eigenvalue weighted by Gasteiger charge is -2.26. The molecule has 1 aromatic carbocycles. The van der Waals surface area contributed by atoms with E-state index in [0.29, 0.717) is 27.6 Å². The summed E-state index contributed by atoms with van der Waals surface area (Å²) in [6, 6.07) is 8.38. The standard InChI is InChI=1S/C17H15N3O2S/c1-17(2)7-12-14(13(21)8-17)23-16(19-12)20-15(22)11-5-3-10(9-18)4-6-11/h3-6H,7-8H2,1-2H3,(H,19,20,22). The first-order valence-corrected chi connectivity index (χ1v) is 8.04. The molecule has 3 rings (SSSR count). The van der Waals surface area contributed by atoms with E-state index < -0.39 is 0 Å². The molecular weight excluding hydrogens is 310 g/mol. The summed E-state index contributed by atoms with van der Waals surface area (Å²) in [5.41, 5.74) is 1.63. The zero-order valence-electron chi connectivity index (χ0n) is 12.8. The summed E-state index contributed by atoms with van der Waals surface area (Å²) < 4.78 is 0. The summed E-state index contributed by atoms with van der Waals surface area (Å²) in [6.07, 6.45) is 1.24. The van der Waals surface area contributed by atoms with E-state index in [1.165, 1.54) is 11.3 Å². The van der Waals surface area contributed by atoms with Crippen LogP contribution < -0.4 is 5.32 Å². The van der Waals surface area contributed by atoms with Crippen molar-refractivity contribution in [2.24, 2.45) is 5.41 Å². The molecule has 0 fully saturated rings. The number of Topliss-reactive ketones (excluding diaryl/α,β-unsaturated/α-hetero) is 1. The Hall–Kier alpha value is -2.52. The molecule has 0 unspecified atom stereocenters. The molecule has 1 aliphatic rings. The second kappa shape index (κ2) is 5.60. The number of amides is 1. The molecule has 1 aromatic heterocycles. The average Bonchev–Trinajstić information content (AvgIpc) is 2.88. The van der Waals surface area contributed by atoms with Crippen molar-refractivity contribution >= 4 is 28.2 Å². The van der Waals surface area contributed by atoms with Crippen LogP contribution in [-0.4, -0.2) is 16.7 Å². The first kappa shape index (κ1) is 15.4. The van der Waals surface area contributed by atoms with Crippen LogP contribution in [0.15, 0.2) is 24.3 Å². The van der Waals surface area contributed by atoms with E-state index in [9.17, 15) is 9.59 Å². The maximum absolute atomic E-state index is 12.2. The van der Waals surface area contributed by atoms with Crippen LogP contribution in [0.25, 0.3) is 0 Å². The fraction of sp³-hybridized carbons (Fsp3) is 0.294. The number of hydrogen-bond donors (Lipinski definition) is 1. The topological polar surface area (TPSA) is 82.9 Å². The molecule has 0 bridgehead atoms. The monoisotopic (exact) mass is 325 g/mol. The van der Waals surface area contributed by atoms with Gasteiger partial charge in [-0.1, -0.05) is 25.2 Å². The molecule has 1 amide bonds. The number of carbonyl (C=O) groups is 2. The summed E-state index contributed by atoms with van der Waals surface area (Å²) in [5, 5.41) is 11.9. The van der Waals surface area contributed by atoms with Crippen LogP contribution in [0.2, 0.25) is 0 Å². The van der Waals surface area contributed by atoms with Gasteiger partial charge in [0.2, 0.25) is 0 Å². The number of nitrogens with one attached hydrogen (secondary N) is 1. The van der Waals surface area contributed by atoms with Gasteiger partial charge in [-0.2, -0.15) is 5.26 Å². The summed E-state index contributed by atoms with van der Waals surface area (Å²) >= 11 is 1.23. The summed E-state index contributed by atoms with van der Waals surface area (Å²) in [6.45, 7) is 4.09. The van der Waals surface area contributed by atoms with Gasteiger partial charge in [0, 0.05) is 12.0 Å². The maximum atomic E-state index is 12.2. The molecular formula is C17H15N3O2S. The highest BCUT2D eigenvalue weighted by Crippen LogP contribution is 2.38. The van der Waals surface area contributed by atoms with Gasteiger partial charge in [0.05, 0.1) is 22.2 Å². The van der Waals surface area contributed by atoms with Crippen LogP contribution in [0.1, 0.15) is 51.6 Å². The highest BCUT2D eigenvalue weighted by atomic mass is 32.1. The maximum Gasteiger partial charge on any atom is 0.257 e. The van der Waals surface area contributed by atoms with Crippen LogP contribution in [0.5, 0.6) is 0 Å². The number of aromatic nitrogens is 1. The fourth-order valence-corrected chi connectivity index (χ4v) is 3.55. The van der Waals surface area contributed by atoms with E-state index >= 15 is 0 Å². The zero-order valence-corrected chi connectivity index (χ0v) is 13.7. The quantitative estimate of drug-likeness (QED) is 0.917. The van der Waals surface area contributed by atoms with Gasteiger partial charge in [-0.25, -0.2) is 4.98 Å². The van der Waals surface area contributed by atoms with Crippen LogP contribution in [0.3, 0.4) is 0 Å². The molecule has 1 N–H and O–H groups in total. The molecule has 5 nitrogen and oxygen atoms in total. The molecule has 0 atom stereocenters. The number of nitrogens with zero attached hydrogens (tertiary/aromatic N) is 2. The van der Waals surface area contributed by atoms with Crippen LogP contribution in [-0.2, 0) is 6.42 Å². The third-order valence-corrected chi connectivity index (χ3v) is 4.79. The highest BCUT2D eigenvalue weighted by Gasteiger charge is 2.34. The normalized spacial score (nSPS) is 15.6. The molecule has 116 valence electrons. The Bertz CT molecular complexity index is 829. The van der Waals surface area contributed by atoms with Crippen LogP contribution in [0, 0.1) is 16.7 Å². The lowest BCUT2D eigenvalue weighted by Crippen LogP contribution is -2.26. The Morgan fingerprint density at radius 3 is 2.65 bits per heavy atom. The van der Waals surface area contributed by atoms with Gasteiger partial charge < -0.3 is 0 Å². The van der Waals surface area contributed by atoms with E-state index in [-0.39, 0.29) is 17.1 Å². The average molecular weight is 325 g/mol. The van der Waals surface area contributed by atoms with Crippen molar-refractivity contribution in [2.75, 3.05) is 5.32 Å². The SMILES string of the molecule is CC1(C)CC(=O)c2sc(NC(=O)c3ccc(C#N)cc3)nc2C1. The van der Waals surface area contributed by atoms with E-state index in [0.717, 1.165) is 12.1 Å². The molecule has 23 heavy (non-hydrogen) atoms. The zero-order chi connectivity index (χ0) is 16.6. The van der Waals surface area contributed by atoms with Crippen molar-refractivity contribution in [1.82, 2.24) is 4.98 Å². The number of benzene rings is 1. The van der Waals surface area contributed by atoms with Crippen molar-refractivity contribution in [3.8, 4) is 6.07 Å². The number of thiazole rings is 1. The molecule has 0 saturated heterocycles. The molecule has 1 heterocycles. The third-order valence-electron chi connectivity index (χ3n) is 3.73. The first-order chi connectivity index (χ1) is 10.9. The second-order valence-corrected chi connectivity index (χ2v) is 7.38. The number of rotatable bonds is 2. The van der Waals surface area contributed by atoms with E-state index in [1.54, 1.807) is 24.3 Å². The number of fused-ring (bicyclic) bond motifs is 1. The smallest absolute Gasteiger partial charge is 0.257 e. The Balaban J connectivity index is 1.80. The largest absolute Gasteiger partial charge is 0.298 e. The van der Waals surface area contributed by atoms with E-state index in [4.69, 9.17) is 5.26 Å². The summed E-state index contributed by atoms with van der Waals surface area (Å²) in [5.74, 6) is -0.208. The van der Waals surface area contributed by atoms with Crippen molar-refractivity contribution in [3.05, 3.63) is 46.0 Å². The second-order valence-electron chi connectivity index (χ2n) is 6.38. The number of nitriles is 1. The highest BCUT2D eigenvalue weighted by molar-refractivity contribution is 7.17. The Labute approximate surface area is 138 Å². The molecule has 0 aliphatic heterocycles. The minimum Gasteiger partial charge on any atom is -0.298 e. The Morgan fingerprint density at radius 1 is 1.30 bits per heavy atom. The van der Waals surface area contributed by atoms with Crippen molar-refractivity contribution in [3.63, 3.8) is 0 Å². The molecule has 2 aromatic rings. The predicted octanol–water partition coefficient (Wildman–Crippen LogP) is 3.42. The van der Waals surface area contributed by atoms with Crippen molar-refractivity contribution in [1.29, 1.82) is 5.26 Å². The van der Waals surface area contributed by atoms with Crippen molar-refractivity contribution < 1.29 is 9.59 Å². The first-order valence-electron chi connectivity index (χ1n) is 7.22. The lowest BCUT2D eigenvalue weighted by atomic mass is 9.78. The number of carbonyl (C=O) groups excluding carboxylic acids is 2. The number of anilines is 1. The van der Waals surface area contributed by atoms with Gasteiger partial charge in [-0.15, -0.1) is 0 Å². The molecule has 0 spiro atoms. The molecule has 6 heteroatoms. The van der Waals surface area contributed by atoms with Crippen LogP contribution >= 0.6 is 11.3 Å². The van der Waals surface area contributed by atoms with Gasteiger partial charge >= 0.3 is 0 Å². The van der Waals surface area contributed by atoms with Gasteiger partial charge in [0.1, 0.15) is 0 Å². The number of ketones is 1. The predicted molar refractivity (Wildman–Crippen MR) is 87.7 cm³/mol. The van der Waals surface area contributed by atoms with Gasteiger partial charge in [0.15, 0.2) is 10.9 Å². The minimum atomic E-state index is -0.299. The summed E-state index contributed by atoms with van der Waals surface area (Å²) in [4.78, 5) is 29.5. The number of hydrogen-bond acceptors (Lipinski definition) is 5.